The van der Waals surface area contributed by atoms with Gasteiger partial charge in [-0.15, -0.1) is 0 Å². The highest BCUT2D eigenvalue weighted by Gasteiger charge is 2.22. The molecule has 0 radical (unpaired) electrons. The first kappa shape index (κ1) is 38.2. The summed E-state index contributed by atoms with van der Waals surface area (Å²) in [6.45, 7) is 0. The van der Waals surface area contributed by atoms with Gasteiger partial charge >= 0.3 is 0 Å². The highest BCUT2D eigenvalue weighted by Crippen LogP contribution is 2.48. The molecule has 0 amide bonds. The molecule has 1 heteroatoms. The Bertz CT molecular complexity index is 3670. The fraction of sp³-hybridized carbons (Fsp3) is 0. The maximum absolute atomic E-state index is 2.45. The van der Waals surface area contributed by atoms with Crippen LogP contribution in [0.5, 0.6) is 0 Å². The van der Waals surface area contributed by atoms with Gasteiger partial charge < -0.3 is 4.90 Å². The number of nitrogens with zero attached hydrogens (tertiary/aromatic N) is 1. The molecule has 0 aliphatic rings. The largest absolute Gasteiger partial charge is 0.310 e. The van der Waals surface area contributed by atoms with E-state index in [0.29, 0.717) is 0 Å². The Morgan fingerprint density at radius 1 is 0.215 bits per heavy atom. The molecule has 65 heavy (non-hydrogen) atoms. The van der Waals surface area contributed by atoms with Crippen molar-refractivity contribution in [2.45, 2.75) is 0 Å². The van der Waals surface area contributed by atoms with Crippen LogP contribution >= 0.6 is 0 Å². The van der Waals surface area contributed by atoms with E-state index >= 15 is 0 Å². The molecule has 1 nitrogen and oxygen atoms in total. The second-order valence-corrected chi connectivity index (χ2v) is 16.8. The summed E-state index contributed by atoms with van der Waals surface area (Å²) in [4.78, 5) is 2.45. The van der Waals surface area contributed by atoms with Crippen molar-refractivity contribution in [2.75, 3.05) is 4.90 Å². The molecule has 0 bridgehead atoms. The van der Waals surface area contributed by atoms with Crippen LogP contribution in [0.2, 0.25) is 0 Å². The van der Waals surface area contributed by atoms with Gasteiger partial charge in [0.25, 0.3) is 0 Å². The van der Waals surface area contributed by atoms with Crippen LogP contribution in [0.25, 0.3) is 98.7 Å². The molecule has 12 aromatic carbocycles. The highest BCUT2D eigenvalue weighted by atomic mass is 15.1. The lowest BCUT2D eigenvalue weighted by atomic mass is 9.85. The fourth-order valence-electron chi connectivity index (χ4n) is 9.93. The number of hydrogen-bond acceptors (Lipinski definition) is 1. The summed E-state index contributed by atoms with van der Waals surface area (Å²) in [5.41, 5.74) is 15.4. The first-order valence-electron chi connectivity index (χ1n) is 22.4. The predicted octanol–water partition coefficient (Wildman–Crippen LogP) is 18.1. The van der Waals surface area contributed by atoms with Gasteiger partial charge in [-0.1, -0.05) is 224 Å². The van der Waals surface area contributed by atoms with E-state index in [2.05, 4.69) is 266 Å². The third kappa shape index (κ3) is 6.92. The van der Waals surface area contributed by atoms with E-state index in [1.807, 2.05) is 0 Å². The fourth-order valence-corrected chi connectivity index (χ4v) is 9.93. The van der Waals surface area contributed by atoms with Crippen molar-refractivity contribution in [3.05, 3.63) is 261 Å². The van der Waals surface area contributed by atoms with Gasteiger partial charge in [0.1, 0.15) is 0 Å². The summed E-state index contributed by atoms with van der Waals surface area (Å²) in [5, 5.41) is 9.85. The minimum Gasteiger partial charge on any atom is -0.310 e. The number of fused-ring (bicyclic) bond motifs is 5. The molecule has 0 aliphatic carbocycles. The van der Waals surface area contributed by atoms with E-state index in [4.69, 9.17) is 0 Å². The first-order valence-corrected chi connectivity index (χ1v) is 22.4. The van der Waals surface area contributed by atoms with Crippen molar-refractivity contribution < 1.29 is 0 Å². The van der Waals surface area contributed by atoms with Gasteiger partial charge in [-0.25, -0.2) is 0 Å². The lowest BCUT2D eigenvalue weighted by molar-refractivity contribution is 1.30. The molecule has 0 atom stereocenters. The summed E-state index contributed by atoms with van der Waals surface area (Å²) < 4.78 is 0. The highest BCUT2D eigenvalue weighted by molar-refractivity contribution is 6.22. The maximum Gasteiger partial charge on any atom is 0.0540 e. The van der Waals surface area contributed by atoms with Gasteiger partial charge in [-0.05, 0) is 130 Å². The van der Waals surface area contributed by atoms with Crippen molar-refractivity contribution >= 4 is 60.2 Å². The van der Waals surface area contributed by atoms with Crippen LogP contribution in [0.1, 0.15) is 0 Å². The molecule has 12 aromatic rings. The standard InChI is InChI=1S/C64H43N/c1-4-17-48(18-5-1)55-40-41-62(59-26-14-12-24-56(55)59)65(53-36-34-46(35-37-53)45-28-30-47(31-29-45)52-33-32-44-16-10-11-23-51(44)42-52)54-38-39-58-57-25-13-15-27-60(57)63(49-19-6-2-7-20-49)64(61(58)43-54)50-21-8-3-9-22-50/h1-43H. The predicted molar refractivity (Wildman–Crippen MR) is 278 cm³/mol. The molecule has 0 saturated heterocycles. The molecule has 0 aliphatic heterocycles. The molecule has 12 rings (SSSR count). The van der Waals surface area contributed by atoms with Crippen LogP contribution in [0.15, 0.2) is 261 Å². The molecule has 304 valence electrons. The molecule has 0 fully saturated rings. The monoisotopic (exact) mass is 825 g/mol. The molecule has 0 saturated carbocycles. The third-order valence-corrected chi connectivity index (χ3v) is 13.0. The van der Waals surface area contributed by atoms with Crippen LogP contribution < -0.4 is 4.90 Å². The molecule has 0 aromatic heterocycles. The van der Waals surface area contributed by atoms with Crippen molar-refractivity contribution in [1.29, 1.82) is 0 Å². The van der Waals surface area contributed by atoms with Crippen molar-refractivity contribution in [3.63, 3.8) is 0 Å². The van der Waals surface area contributed by atoms with Gasteiger partial charge in [-0.3, -0.25) is 0 Å². The molecular weight excluding hydrogens is 783 g/mol. The summed E-state index contributed by atoms with van der Waals surface area (Å²) in [7, 11) is 0. The zero-order chi connectivity index (χ0) is 43.1. The van der Waals surface area contributed by atoms with Crippen molar-refractivity contribution in [2.24, 2.45) is 0 Å². The average Bonchev–Trinajstić information content (AvgIpc) is 3.39. The van der Waals surface area contributed by atoms with Crippen LogP contribution in [-0.2, 0) is 0 Å². The van der Waals surface area contributed by atoms with E-state index in [9.17, 15) is 0 Å². The number of anilines is 3. The average molecular weight is 826 g/mol. The minimum absolute atomic E-state index is 1.09. The van der Waals surface area contributed by atoms with Crippen molar-refractivity contribution in [3.8, 4) is 55.6 Å². The second kappa shape index (κ2) is 16.3. The van der Waals surface area contributed by atoms with Gasteiger partial charge in [-0.2, -0.15) is 0 Å². The smallest absolute Gasteiger partial charge is 0.0540 e. The molecule has 0 spiro atoms. The Hall–Kier alpha value is -8.52. The Balaban J connectivity index is 1.05. The third-order valence-electron chi connectivity index (χ3n) is 13.0. The first-order chi connectivity index (χ1) is 32.2. The molecule has 0 unspecified atom stereocenters. The Labute approximate surface area is 379 Å². The van der Waals surface area contributed by atoms with Gasteiger partial charge in [0, 0.05) is 16.8 Å². The lowest BCUT2D eigenvalue weighted by Gasteiger charge is -2.29. The number of rotatable bonds is 8. The van der Waals surface area contributed by atoms with E-state index in [1.54, 1.807) is 0 Å². The van der Waals surface area contributed by atoms with E-state index in [-0.39, 0.29) is 0 Å². The van der Waals surface area contributed by atoms with Gasteiger partial charge in [0.15, 0.2) is 0 Å². The van der Waals surface area contributed by atoms with Crippen molar-refractivity contribution in [1.82, 2.24) is 0 Å². The Morgan fingerprint density at radius 2 is 0.677 bits per heavy atom. The lowest BCUT2D eigenvalue weighted by Crippen LogP contribution is -2.11. The van der Waals surface area contributed by atoms with E-state index in [0.717, 1.165) is 17.1 Å². The summed E-state index contributed by atoms with van der Waals surface area (Å²) >= 11 is 0. The number of benzene rings is 12. The SMILES string of the molecule is c1ccc(-c2ccc(N(c3ccc(-c4ccc(-c5ccc6ccccc6c5)cc4)cc3)c3ccc4c(c3)c(-c3ccccc3)c(-c3ccccc3)c3ccccc34)c3ccccc23)cc1. The second-order valence-electron chi connectivity index (χ2n) is 16.8. The zero-order valence-electron chi connectivity index (χ0n) is 35.8. The molecule has 0 N–H and O–H groups in total. The minimum atomic E-state index is 1.09. The number of hydrogen-bond donors (Lipinski definition) is 0. The quantitative estimate of drug-likeness (QED) is 0.138. The molecular formula is C64H43N. The summed E-state index contributed by atoms with van der Waals surface area (Å²) in [6.07, 6.45) is 0. The van der Waals surface area contributed by atoms with Crippen LogP contribution in [-0.4, -0.2) is 0 Å². The zero-order valence-corrected chi connectivity index (χ0v) is 35.8. The van der Waals surface area contributed by atoms with Gasteiger partial charge in [0.2, 0.25) is 0 Å². The van der Waals surface area contributed by atoms with E-state index in [1.165, 1.54) is 98.7 Å². The Kier molecular flexibility index (Phi) is 9.58. The normalized spacial score (nSPS) is 11.4. The summed E-state index contributed by atoms with van der Waals surface area (Å²) in [6, 6.07) is 95.3. The van der Waals surface area contributed by atoms with Crippen LogP contribution in [0.4, 0.5) is 17.1 Å². The van der Waals surface area contributed by atoms with Crippen LogP contribution in [0, 0.1) is 0 Å². The van der Waals surface area contributed by atoms with Crippen LogP contribution in [0.3, 0.4) is 0 Å². The Morgan fingerprint density at radius 3 is 1.34 bits per heavy atom. The summed E-state index contributed by atoms with van der Waals surface area (Å²) in [5.74, 6) is 0. The van der Waals surface area contributed by atoms with Gasteiger partial charge in [0.05, 0.1) is 5.69 Å². The van der Waals surface area contributed by atoms with E-state index < -0.39 is 0 Å². The topological polar surface area (TPSA) is 3.24 Å². The maximum atomic E-state index is 2.45. The molecule has 0 heterocycles.